The van der Waals surface area contributed by atoms with Crippen molar-refractivity contribution in [1.82, 2.24) is 0 Å². The number of benzene rings is 2. The number of hydrogen-bond donors (Lipinski definition) is 1. The molecule has 3 rings (SSSR count). The molecule has 1 N–H and O–H groups in total. The highest BCUT2D eigenvalue weighted by Gasteiger charge is 2.40. The van der Waals surface area contributed by atoms with E-state index in [1.54, 1.807) is 7.11 Å². The fraction of sp³-hybridized carbons (Fsp3) is 0.222. The maximum absolute atomic E-state index is 12.7. The molecule has 1 unspecified atom stereocenters. The quantitative estimate of drug-likeness (QED) is 0.590. The number of amides is 2. The zero-order valence-electron chi connectivity index (χ0n) is 13.4. The number of ether oxygens (including phenoxy) is 1. The lowest BCUT2D eigenvalue weighted by molar-refractivity contribution is -0.121. The SMILES string of the molecule is COc1ccc(NC2CC(=O)N(c3ccc(I)cc3C)C2=O)cc1. The molecule has 0 spiro atoms. The number of nitrogens with one attached hydrogen (secondary N) is 1. The second-order valence-electron chi connectivity index (χ2n) is 5.63. The lowest BCUT2D eigenvalue weighted by Gasteiger charge is -2.18. The smallest absolute Gasteiger partial charge is 0.256 e. The molecule has 0 radical (unpaired) electrons. The minimum absolute atomic E-state index is 0.149. The van der Waals surface area contributed by atoms with Gasteiger partial charge in [0.05, 0.1) is 19.2 Å². The summed E-state index contributed by atoms with van der Waals surface area (Å²) in [7, 11) is 1.60. The molecule has 1 fully saturated rings. The van der Waals surface area contributed by atoms with E-state index in [9.17, 15) is 9.59 Å². The Balaban J connectivity index is 1.80. The molecule has 124 valence electrons. The van der Waals surface area contributed by atoms with Crippen molar-refractivity contribution >= 4 is 45.8 Å². The van der Waals surface area contributed by atoms with E-state index in [-0.39, 0.29) is 18.2 Å². The molecule has 1 atom stereocenters. The number of imide groups is 1. The van der Waals surface area contributed by atoms with Crippen LogP contribution in [0.15, 0.2) is 42.5 Å². The van der Waals surface area contributed by atoms with Gasteiger partial charge >= 0.3 is 0 Å². The van der Waals surface area contributed by atoms with Crippen molar-refractivity contribution in [2.75, 3.05) is 17.3 Å². The fourth-order valence-electron chi connectivity index (χ4n) is 2.76. The number of hydrogen-bond acceptors (Lipinski definition) is 4. The van der Waals surface area contributed by atoms with Gasteiger partial charge < -0.3 is 10.1 Å². The van der Waals surface area contributed by atoms with Gasteiger partial charge in [0.1, 0.15) is 11.8 Å². The second kappa shape index (κ2) is 6.80. The fourth-order valence-corrected chi connectivity index (χ4v) is 3.40. The Kier molecular flexibility index (Phi) is 4.75. The Labute approximate surface area is 154 Å². The van der Waals surface area contributed by atoms with E-state index >= 15 is 0 Å². The molecule has 1 aliphatic rings. The topological polar surface area (TPSA) is 58.6 Å². The molecule has 0 aliphatic carbocycles. The van der Waals surface area contributed by atoms with Crippen LogP contribution in [0.1, 0.15) is 12.0 Å². The molecule has 5 nitrogen and oxygen atoms in total. The summed E-state index contributed by atoms with van der Waals surface area (Å²) < 4.78 is 6.19. The third kappa shape index (κ3) is 3.24. The normalized spacial score (nSPS) is 17.3. The van der Waals surface area contributed by atoms with Gasteiger partial charge in [0.25, 0.3) is 5.91 Å². The molecule has 2 aromatic carbocycles. The van der Waals surface area contributed by atoms with Gasteiger partial charge in [-0.3, -0.25) is 9.59 Å². The maximum atomic E-state index is 12.7. The lowest BCUT2D eigenvalue weighted by atomic mass is 10.2. The average Bonchev–Trinajstić information content (AvgIpc) is 2.83. The van der Waals surface area contributed by atoms with Crippen molar-refractivity contribution in [3.63, 3.8) is 0 Å². The average molecular weight is 436 g/mol. The molecule has 1 heterocycles. The van der Waals surface area contributed by atoms with Gasteiger partial charge in [0, 0.05) is 9.26 Å². The van der Waals surface area contributed by atoms with E-state index in [1.807, 2.05) is 49.4 Å². The van der Waals surface area contributed by atoms with Crippen LogP contribution in [0.4, 0.5) is 11.4 Å². The lowest BCUT2D eigenvalue weighted by Crippen LogP contribution is -2.35. The van der Waals surface area contributed by atoms with Gasteiger partial charge in [-0.2, -0.15) is 0 Å². The van der Waals surface area contributed by atoms with Gasteiger partial charge in [-0.05, 0) is 77.5 Å². The number of aryl methyl sites for hydroxylation is 1. The summed E-state index contributed by atoms with van der Waals surface area (Å²) in [5, 5.41) is 3.13. The zero-order valence-corrected chi connectivity index (χ0v) is 15.5. The zero-order chi connectivity index (χ0) is 17.3. The van der Waals surface area contributed by atoms with Crippen LogP contribution in [0, 0.1) is 10.5 Å². The van der Waals surface area contributed by atoms with Crippen LogP contribution in [0.5, 0.6) is 5.75 Å². The van der Waals surface area contributed by atoms with Crippen molar-refractivity contribution in [1.29, 1.82) is 0 Å². The summed E-state index contributed by atoms with van der Waals surface area (Å²) in [4.78, 5) is 26.3. The van der Waals surface area contributed by atoms with Gasteiger partial charge in [-0.15, -0.1) is 0 Å². The van der Waals surface area contributed by atoms with Crippen molar-refractivity contribution < 1.29 is 14.3 Å². The molecule has 1 saturated heterocycles. The number of carbonyl (C=O) groups excluding carboxylic acids is 2. The first-order chi connectivity index (χ1) is 11.5. The minimum atomic E-state index is -0.551. The first-order valence-electron chi connectivity index (χ1n) is 7.53. The van der Waals surface area contributed by atoms with Gasteiger partial charge in [0.15, 0.2) is 0 Å². The highest BCUT2D eigenvalue weighted by molar-refractivity contribution is 14.1. The number of nitrogens with zero attached hydrogens (tertiary/aromatic N) is 1. The van der Waals surface area contributed by atoms with Gasteiger partial charge in [-0.1, -0.05) is 0 Å². The largest absolute Gasteiger partial charge is 0.497 e. The van der Waals surface area contributed by atoms with Crippen molar-refractivity contribution in [2.24, 2.45) is 0 Å². The van der Waals surface area contributed by atoms with Gasteiger partial charge in [0.2, 0.25) is 5.91 Å². The summed E-state index contributed by atoms with van der Waals surface area (Å²) in [5.74, 6) is 0.334. The van der Waals surface area contributed by atoms with Crippen LogP contribution < -0.4 is 15.0 Å². The highest BCUT2D eigenvalue weighted by Crippen LogP contribution is 2.29. The third-order valence-corrected chi connectivity index (χ3v) is 4.65. The van der Waals surface area contributed by atoms with E-state index in [1.165, 1.54) is 4.90 Å². The van der Waals surface area contributed by atoms with Crippen LogP contribution in [-0.2, 0) is 9.59 Å². The van der Waals surface area contributed by atoms with Crippen LogP contribution >= 0.6 is 22.6 Å². The highest BCUT2D eigenvalue weighted by atomic mass is 127. The standard InChI is InChI=1S/C18H17IN2O3/c1-11-9-12(19)3-8-16(11)21-17(22)10-15(18(21)23)20-13-4-6-14(24-2)7-5-13/h3-9,15,20H,10H2,1-2H3. The Morgan fingerprint density at radius 1 is 1.17 bits per heavy atom. The van der Waals surface area contributed by atoms with E-state index in [0.717, 1.165) is 20.6 Å². The second-order valence-corrected chi connectivity index (χ2v) is 6.87. The Morgan fingerprint density at radius 3 is 2.50 bits per heavy atom. The van der Waals surface area contributed by atoms with Crippen molar-refractivity contribution in [3.05, 3.63) is 51.6 Å². The minimum Gasteiger partial charge on any atom is -0.497 e. The van der Waals surface area contributed by atoms with Crippen LogP contribution in [0.25, 0.3) is 0 Å². The molecule has 0 saturated carbocycles. The van der Waals surface area contributed by atoms with E-state index in [4.69, 9.17) is 4.74 Å². The van der Waals surface area contributed by atoms with Crippen LogP contribution in [-0.4, -0.2) is 25.0 Å². The molecular formula is C18H17IN2O3. The van der Waals surface area contributed by atoms with Crippen LogP contribution in [0.3, 0.4) is 0 Å². The van der Waals surface area contributed by atoms with Gasteiger partial charge in [-0.25, -0.2) is 4.90 Å². The van der Waals surface area contributed by atoms with E-state index in [0.29, 0.717) is 5.69 Å². The molecule has 2 amide bonds. The summed E-state index contributed by atoms with van der Waals surface area (Å²) in [6, 6.07) is 12.4. The summed E-state index contributed by atoms with van der Waals surface area (Å²) in [6.07, 6.45) is 0.149. The van der Waals surface area contributed by atoms with Crippen molar-refractivity contribution in [3.8, 4) is 5.75 Å². The summed E-state index contributed by atoms with van der Waals surface area (Å²) in [6.45, 7) is 1.91. The first-order valence-corrected chi connectivity index (χ1v) is 8.61. The molecular weight excluding hydrogens is 419 g/mol. The Bertz CT molecular complexity index is 789. The molecule has 1 aliphatic heterocycles. The number of rotatable bonds is 4. The van der Waals surface area contributed by atoms with Crippen LogP contribution in [0.2, 0.25) is 0 Å². The predicted octanol–water partition coefficient (Wildman–Crippen LogP) is 3.35. The van der Waals surface area contributed by atoms with E-state index < -0.39 is 6.04 Å². The number of methoxy groups -OCH3 is 1. The number of anilines is 2. The Morgan fingerprint density at radius 2 is 1.88 bits per heavy atom. The summed E-state index contributed by atoms with van der Waals surface area (Å²) >= 11 is 2.21. The third-order valence-electron chi connectivity index (χ3n) is 3.98. The Hall–Kier alpha value is -2.09. The van der Waals surface area contributed by atoms with E-state index in [2.05, 4.69) is 27.9 Å². The monoisotopic (exact) mass is 436 g/mol. The maximum Gasteiger partial charge on any atom is 0.256 e. The summed E-state index contributed by atoms with van der Waals surface area (Å²) in [5.41, 5.74) is 2.35. The van der Waals surface area contributed by atoms with Crippen molar-refractivity contribution in [2.45, 2.75) is 19.4 Å². The number of carbonyl (C=O) groups is 2. The molecule has 6 heteroatoms. The molecule has 0 aromatic heterocycles. The first kappa shape index (κ1) is 16.8. The molecule has 24 heavy (non-hydrogen) atoms. The molecule has 0 bridgehead atoms. The molecule has 2 aromatic rings. The predicted molar refractivity (Wildman–Crippen MR) is 101 cm³/mol. The number of halogens is 1.